The van der Waals surface area contributed by atoms with Crippen molar-refractivity contribution >= 4 is 5.91 Å². The standard InChI is InChI=1S/C11H13N2O2/c14-11(10-4-2-1-3-5-10)12-13-6-8-15-9-7-13/h2-5H,6-9H2,(H,12,14). The molecule has 1 saturated heterocycles. The van der Waals surface area contributed by atoms with Crippen LogP contribution in [0.1, 0.15) is 10.4 Å². The molecular weight excluding hydrogens is 192 g/mol. The second-order valence-corrected chi connectivity index (χ2v) is 3.33. The van der Waals surface area contributed by atoms with Gasteiger partial charge in [-0.2, -0.15) is 0 Å². The van der Waals surface area contributed by atoms with Crippen molar-refractivity contribution in [3.05, 3.63) is 35.9 Å². The number of morpholine rings is 1. The van der Waals surface area contributed by atoms with Gasteiger partial charge in [-0.3, -0.25) is 10.2 Å². The van der Waals surface area contributed by atoms with E-state index in [1.165, 1.54) is 0 Å². The number of hydrogen-bond acceptors (Lipinski definition) is 3. The molecule has 1 aromatic rings. The molecule has 1 aliphatic rings. The summed E-state index contributed by atoms with van der Waals surface area (Å²) >= 11 is 0. The zero-order valence-corrected chi connectivity index (χ0v) is 8.40. The van der Waals surface area contributed by atoms with Gasteiger partial charge in [-0.15, -0.1) is 0 Å². The third-order valence-corrected chi connectivity index (χ3v) is 2.25. The molecule has 0 atom stereocenters. The lowest BCUT2D eigenvalue weighted by molar-refractivity contribution is 0.0126. The highest BCUT2D eigenvalue weighted by Crippen LogP contribution is 1.99. The first-order chi connectivity index (χ1) is 7.36. The number of carbonyl (C=O) groups excluding carboxylic acids is 1. The van der Waals surface area contributed by atoms with E-state index in [2.05, 4.69) is 11.5 Å². The first-order valence-electron chi connectivity index (χ1n) is 4.96. The summed E-state index contributed by atoms with van der Waals surface area (Å²) in [6, 6.07) is 9.83. The van der Waals surface area contributed by atoms with Crippen LogP contribution >= 0.6 is 0 Å². The van der Waals surface area contributed by atoms with E-state index in [4.69, 9.17) is 4.74 Å². The summed E-state index contributed by atoms with van der Waals surface area (Å²) in [5.41, 5.74) is 3.49. The van der Waals surface area contributed by atoms with Crippen molar-refractivity contribution in [2.24, 2.45) is 0 Å². The van der Waals surface area contributed by atoms with Crippen LogP contribution in [0.3, 0.4) is 0 Å². The van der Waals surface area contributed by atoms with Gasteiger partial charge in [0.2, 0.25) is 0 Å². The molecule has 1 heterocycles. The third kappa shape index (κ3) is 2.78. The highest BCUT2D eigenvalue weighted by atomic mass is 16.5. The van der Waals surface area contributed by atoms with E-state index in [1.807, 2.05) is 5.01 Å². The molecule has 4 nitrogen and oxygen atoms in total. The third-order valence-electron chi connectivity index (χ3n) is 2.25. The summed E-state index contributed by atoms with van der Waals surface area (Å²) in [4.78, 5) is 11.7. The lowest BCUT2D eigenvalue weighted by Crippen LogP contribution is -2.48. The van der Waals surface area contributed by atoms with Crippen LogP contribution in [0.2, 0.25) is 0 Å². The minimum Gasteiger partial charge on any atom is -0.379 e. The van der Waals surface area contributed by atoms with Crippen LogP contribution in [0.25, 0.3) is 0 Å². The normalized spacial score (nSPS) is 17.3. The average molecular weight is 205 g/mol. The van der Waals surface area contributed by atoms with Crippen LogP contribution < -0.4 is 5.43 Å². The predicted octanol–water partition coefficient (Wildman–Crippen LogP) is 0.464. The zero-order valence-electron chi connectivity index (χ0n) is 8.40. The number of benzene rings is 1. The maximum absolute atomic E-state index is 11.7. The Labute approximate surface area is 88.8 Å². The van der Waals surface area contributed by atoms with Crippen molar-refractivity contribution in [3.8, 4) is 0 Å². The molecule has 0 aromatic heterocycles. The fourth-order valence-electron chi connectivity index (χ4n) is 1.42. The number of ether oxygens (including phenoxy) is 1. The van der Waals surface area contributed by atoms with Crippen molar-refractivity contribution in [2.75, 3.05) is 26.3 Å². The largest absolute Gasteiger partial charge is 0.379 e. The number of nitrogens with one attached hydrogen (secondary N) is 1. The second kappa shape index (κ2) is 4.91. The van der Waals surface area contributed by atoms with Crippen molar-refractivity contribution < 1.29 is 9.53 Å². The van der Waals surface area contributed by atoms with E-state index in [0.717, 1.165) is 13.1 Å². The van der Waals surface area contributed by atoms with Gasteiger partial charge in [-0.05, 0) is 18.2 Å². The molecule has 0 spiro atoms. The van der Waals surface area contributed by atoms with Crippen molar-refractivity contribution in [1.82, 2.24) is 10.4 Å². The average Bonchev–Trinajstić information content (AvgIpc) is 2.31. The molecule has 0 aliphatic carbocycles. The summed E-state index contributed by atoms with van der Waals surface area (Å²) in [6.45, 7) is 2.82. The maximum atomic E-state index is 11.7. The summed E-state index contributed by atoms with van der Waals surface area (Å²) in [6.07, 6.45) is 0. The highest BCUT2D eigenvalue weighted by molar-refractivity contribution is 5.93. The molecule has 0 saturated carbocycles. The Morgan fingerprint density at radius 2 is 2.00 bits per heavy atom. The molecule has 1 fully saturated rings. The molecule has 1 amide bonds. The van der Waals surface area contributed by atoms with Gasteiger partial charge in [0.25, 0.3) is 5.91 Å². The molecule has 1 aromatic carbocycles. The fraction of sp³-hybridized carbons (Fsp3) is 0.364. The van der Waals surface area contributed by atoms with E-state index in [1.54, 1.807) is 24.3 Å². The molecule has 15 heavy (non-hydrogen) atoms. The van der Waals surface area contributed by atoms with Gasteiger partial charge in [0.15, 0.2) is 0 Å². The van der Waals surface area contributed by atoms with Gasteiger partial charge in [0, 0.05) is 18.7 Å². The number of carbonyl (C=O) groups is 1. The molecule has 0 bridgehead atoms. The van der Waals surface area contributed by atoms with Crippen molar-refractivity contribution in [3.63, 3.8) is 0 Å². The number of nitrogens with zero attached hydrogens (tertiary/aromatic N) is 1. The summed E-state index contributed by atoms with van der Waals surface area (Å²) in [7, 11) is 0. The Hall–Kier alpha value is -1.39. The van der Waals surface area contributed by atoms with Gasteiger partial charge < -0.3 is 4.74 Å². The van der Waals surface area contributed by atoms with Crippen molar-refractivity contribution in [1.29, 1.82) is 0 Å². The molecule has 79 valence electrons. The minimum atomic E-state index is -0.0779. The van der Waals surface area contributed by atoms with Crippen molar-refractivity contribution in [2.45, 2.75) is 0 Å². The van der Waals surface area contributed by atoms with Gasteiger partial charge >= 0.3 is 0 Å². The van der Waals surface area contributed by atoms with Crippen LogP contribution in [-0.4, -0.2) is 37.2 Å². The molecule has 0 unspecified atom stereocenters. The SMILES string of the molecule is O=C(NN1CCOCC1)c1cc[c]cc1. The van der Waals surface area contributed by atoms with E-state index >= 15 is 0 Å². The Morgan fingerprint density at radius 3 is 2.67 bits per heavy atom. The quantitative estimate of drug-likeness (QED) is 0.762. The Balaban J connectivity index is 1.91. The number of hydrogen-bond donors (Lipinski definition) is 1. The summed E-state index contributed by atoms with van der Waals surface area (Å²) in [5.74, 6) is -0.0779. The van der Waals surface area contributed by atoms with Crippen LogP contribution in [0.5, 0.6) is 0 Å². The second-order valence-electron chi connectivity index (χ2n) is 3.33. The lowest BCUT2D eigenvalue weighted by atomic mass is 10.2. The Bertz CT molecular complexity index is 321. The molecule has 2 rings (SSSR count). The van der Waals surface area contributed by atoms with Gasteiger partial charge in [0.1, 0.15) is 0 Å². The Kier molecular flexibility index (Phi) is 3.32. The molecule has 1 aliphatic heterocycles. The first-order valence-corrected chi connectivity index (χ1v) is 4.96. The topological polar surface area (TPSA) is 41.6 Å². The van der Waals surface area contributed by atoms with E-state index in [0.29, 0.717) is 18.8 Å². The minimum absolute atomic E-state index is 0.0779. The number of hydrazine groups is 1. The summed E-state index contributed by atoms with van der Waals surface area (Å²) < 4.78 is 5.19. The van der Waals surface area contributed by atoms with Crippen LogP contribution in [0.4, 0.5) is 0 Å². The zero-order chi connectivity index (χ0) is 10.5. The lowest BCUT2D eigenvalue weighted by Gasteiger charge is -2.26. The van der Waals surface area contributed by atoms with Gasteiger partial charge in [-0.1, -0.05) is 12.1 Å². The Morgan fingerprint density at radius 1 is 1.33 bits per heavy atom. The highest BCUT2D eigenvalue weighted by Gasteiger charge is 2.13. The molecule has 1 N–H and O–H groups in total. The van der Waals surface area contributed by atoms with Gasteiger partial charge in [0.05, 0.1) is 13.2 Å². The molecule has 4 heteroatoms. The number of rotatable bonds is 2. The van der Waals surface area contributed by atoms with Crippen LogP contribution in [0.15, 0.2) is 24.3 Å². The predicted molar refractivity (Wildman–Crippen MR) is 55.1 cm³/mol. The van der Waals surface area contributed by atoms with E-state index in [-0.39, 0.29) is 5.91 Å². The van der Waals surface area contributed by atoms with Gasteiger partial charge in [-0.25, -0.2) is 5.01 Å². The summed E-state index contributed by atoms with van der Waals surface area (Å²) in [5, 5.41) is 1.88. The van der Waals surface area contributed by atoms with Crippen LogP contribution in [-0.2, 0) is 4.74 Å². The number of amides is 1. The molecular formula is C11H13N2O2. The van der Waals surface area contributed by atoms with Crippen LogP contribution in [0, 0.1) is 6.07 Å². The molecule has 1 radical (unpaired) electrons. The maximum Gasteiger partial charge on any atom is 0.265 e. The fourth-order valence-corrected chi connectivity index (χ4v) is 1.42. The monoisotopic (exact) mass is 205 g/mol. The van der Waals surface area contributed by atoms with E-state index in [9.17, 15) is 4.79 Å². The smallest absolute Gasteiger partial charge is 0.265 e. The first kappa shape index (κ1) is 10.1. The van der Waals surface area contributed by atoms with E-state index < -0.39 is 0 Å².